The molecule has 127 valence electrons. The van der Waals surface area contributed by atoms with Crippen LogP contribution >= 0.6 is 7.60 Å². The van der Waals surface area contributed by atoms with Gasteiger partial charge < -0.3 is 29.1 Å². The molecule has 2 heterocycles. The predicted octanol–water partition coefficient (Wildman–Crippen LogP) is 1.76. The van der Waals surface area contributed by atoms with Gasteiger partial charge in [-0.1, -0.05) is 19.6 Å². The Bertz CT molecular complexity index is 788. The van der Waals surface area contributed by atoms with Gasteiger partial charge in [-0.2, -0.15) is 0 Å². The molecule has 0 aliphatic rings. The first kappa shape index (κ1) is 21.3. The molecule has 8 nitrogen and oxygen atoms in total. The van der Waals surface area contributed by atoms with Crippen molar-refractivity contribution in [1.29, 1.82) is 0 Å². The maximum atomic E-state index is 11.0. The van der Waals surface area contributed by atoms with E-state index in [9.17, 15) is 4.57 Å². The van der Waals surface area contributed by atoms with Gasteiger partial charge in [-0.15, -0.1) is 6.58 Å². The summed E-state index contributed by atoms with van der Waals surface area (Å²) < 4.78 is 17.9. The minimum atomic E-state index is -4.26. The van der Waals surface area contributed by atoms with Crippen molar-refractivity contribution in [3.63, 3.8) is 0 Å². The maximum Gasteiger partial charge on any atom is 0.351 e. The summed E-state index contributed by atoms with van der Waals surface area (Å²) in [5, 5.41) is 0. The van der Waals surface area contributed by atoms with Crippen molar-refractivity contribution in [2.75, 3.05) is 6.35 Å². The fourth-order valence-electron chi connectivity index (χ4n) is 2.12. The number of aromatic nitrogens is 4. The zero-order chi connectivity index (χ0) is 17.2. The first-order valence-electron chi connectivity index (χ1n) is 6.79. The number of rotatable bonds is 7. The van der Waals surface area contributed by atoms with E-state index in [2.05, 4.69) is 34.4 Å². The average molecular weight is 426 g/mol. The van der Waals surface area contributed by atoms with E-state index in [1.165, 1.54) is 6.08 Å². The van der Waals surface area contributed by atoms with Crippen molar-refractivity contribution in [2.45, 2.75) is 26.0 Å². The summed E-state index contributed by atoms with van der Waals surface area (Å²) in [6, 6.07) is -0.275. The fourth-order valence-corrected chi connectivity index (χ4v) is 2.48. The van der Waals surface area contributed by atoms with Gasteiger partial charge in [0.2, 0.25) is 0 Å². The fraction of sp³-hybridized carbons (Fsp3) is 0.357. The van der Waals surface area contributed by atoms with Crippen LogP contribution in [0.4, 0.5) is 0 Å². The predicted molar refractivity (Wildman–Crippen MR) is 84.7 cm³/mol. The molecule has 2 N–H and O–H groups in total. The first-order valence-corrected chi connectivity index (χ1v) is 8.59. The van der Waals surface area contributed by atoms with Crippen molar-refractivity contribution >= 4 is 18.8 Å². The summed E-state index contributed by atoms with van der Waals surface area (Å²) in [6.07, 6.45) is 4.22. The van der Waals surface area contributed by atoms with Crippen molar-refractivity contribution in [2.24, 2.45) is 0 Å². The quantitative estimate of drug-likeness (QED) is 0.394. The molecule has 0 aliphatic carbocycles. The van der Waals surface area contributed by atoms with Crippen LogP contribution in [0.15, 0.2) is 31.1 Å². The summed E-state index contributed by atoms with van der Waals surface area (Å²) in [5.74, 6) is 0. The Balaban J connectivity index is 0.00000288. The Morgan fingerprint density at radius 1 is 1.54 bits per heavy atom. The second kappa shape index (κ2) is 8.56. The number of hydrogen-bond acceptors (Lipinski definition) is 5. The Morgan fingerprint density at radius 3 is 2.79 bits per heavy atom. The van der Waals surface area contributed by atoms with E-state index in [4.69, 9.17) is 14.5 Å². The molecule has 0 unspecified atom stereocenters. The van der Waals surface area contributed by atoms with Gasteiger partial charge in [0.15, 0.2) is 0 Å². The van der Waals surface area contributed by atoms with Gasteiger partial charge in [-0.3, -0.25) is 9.55 Å². The van der Waals surface area contributed by atoms with Crippen LogP contribution < -0.4 is 0 Å². The Labute approximate surface area is 165 Å². The van der Waals surface area contributed by atoms with Crippen LogP contribution in [0, 0.1) is 13.3 Å². The Morgan fingerprint density at radius 2 is 2.21 bits per heavy atom. The number of fused-ring (bicyclic) bond motifs is 1. The smallest absolute Gasteiger partial charge is 0.351 e. The molecule has 0 fully saturated rings. The molecule has 0 aliphatic heterocycles. The van der Waals surface area contributed by atoms with E-state index in [-0.39, 0.29) is 38.8 Å². The number of aryl methyl sites for hydroxylation is 1. The molecule has 0 saturated carbocycles. The van der Waals surface area contributed by atoms with E-state index in [0.717, 1.165) is 0 Å². The molecule has 0 saturated heterocycles. The second-order valence-corrected chi connectivity index (χ2v) is 6.69. The second-order valence-electron chi connectivity index (χ2n) is 5.10. The van der Waals surface area contributed by atoms with E-state index >= 15 is 0 Å². The van der Waals surface area contributed by atoms with E-state index < -0.39 is 20.0 Å². The summed E-state index contributed by atoms with van der Waals surface area (Å²) >= 11 is 0. The first-order chi connectivity index (χ1) is 10.7. The van der Waals surface area contributed by atoms with Crippen LogP contribution in [0.25, 0.3) is 11.2 Å². The molecule has 1 radical (unpaired) electrons. The molecular weight excluding hydrogens is 408 g/mol. The molecular formula is C14H18N4O4PY-. The van der Waals surface area contributed by atoms with E-state index in [1.54, 1.807) is 10.9 Å². The Hall–Kier alpha value is -0.756. The SMILES string of the molecule is C=C[C@@H](OCP(=O)(O)O)C(=C)[C@@H](C)n1cnc2c(C)n[c-]nc21.[Y]. The van der Waals surface area contributed by atoms with Gasteiger partial charge in [0.1, 0.15) is 6.35 Å². The summed E-state index contributed by atoms with van der Waals surface area (Å²) in [7, 11) is -4.26. The molecule has 24 heavy (non-hydrogen) atoms. The third-order valence-corrected chi connectivity index (χ3v) is 3.93. The molecule has 0 amide bonds. The standard InChI is InChI=1S/C14H18N4O4P.Y/c1-5-12(22-8-23(19,20)21)9(2)11(4)18-7-17-13-10(3)15-6-16-14(13)18;/h5,7,11-12H,1-2,8H2,3-4H3,(H2,19,20,21);/q-1;/t11-,12-;/m1./s1. The molecule has 10 heteroatoms. The third kappa shape index (κ3) is 4.88. The van der Waals surface area contributed by atoms with Crippen molar-refractivity contribution in [3.8, 4) is 0 Å². The van der Waals surface area contributed by atoms with Crippen LogP contribution in [0.2, 0.25) is 0 Å². The number of ether oxygens (including phenoxy) is 1. The van der Waals surface area contributed by atoms with Gasteiger partial charge in [0.05, 0.1) is 12.4 Å². The summed E-state index contributed by atoms with van der Waals surface area (Å²) in [6.45, 7) is 11.3. The van der Waals surface area contributed by atoms with E-state index in [1.807, 2.05) is 13.8 Å². The van der Waals surface area contributed by atoms with Gasteiger partial charge in [-0.05, 0) is 18.2 Å². The van der Waals surface area contributed by atoms with Crippen molar-refractivity contribution in [1.82, 2.24) is 19.5 Å². The molecule has 2 aromatic heterocycles. The van der Waals surface area contributed by atoms with E-state index in [0.29, 0.717) is 22.4 Å². The monoisotopic (exact) mass is 426 g/mol. The van der Waals surface area contributed by atoms with Crippen LogP contribution in [-0.2, 0) is 42.0 Å². The Kier molecular flexibility index (Phi) is 7.59. The number of hydrogen-bond donors (Lipinski definition) is 2. The topological polar surface area (TPSA) is 110 Å². The van der Waals surface area contributed by atoms with Gasteiger partial charge in [0.25, 0.3) is 0 Å². The summed E-state index contributed by atoms with van der Waals surface area (Å²) in [4.78, 5) is 30.2. The number of imidazole rings is 1. The van der Waals surface area contributed by atoms with Crippen LogP contribution in [0.1, 0.15) is 18.7 Å². The molecule has 2 rings (SSSR count). The zero-order valence-electron chi connectivity index (χ0n) is 13.5. The average Bonchev–Trinajstić information content (AvgIpc) is 2.91. The summed E-state index contributed by atoms with van der Waals surface area (Å²) in [5.41, 5.74) is 2.55. The van der Waals surface area contributed by atoms with Gasteiger partial charge in [-0.25, -0.2) is 0 Å². The van der Waals surface area contributed by atoms with Crippen LogP contribution in [0.5, 0.6) is 0 Å². The van der Waals surface area contributed by atoms with Gasteiger partial charge >= 0.3 is 7.60 Å². The minimum Gasteiger partial charge on any atom is -0.369 e. The van der Waals surface area contributed by atoms with Crippen molar-refractivity contribution < 1.29 is 51.8 Å². The maximum absolute atomic E-state index is 11.0. The van der Waals surface area contributed by atoms with Crippen LogP contribution in [0.3, 0.4) is 0 Å². The molecule has 2 atom stereocenters. The minimum absolute atomic E-state index is 0. The largest absolute Gasteiger partial charge is 0.369 e. The zero-order valence-corrected chi connectivity index (χ0v) is 17.2. The number of nitrogens with zero attached hydrogens (tertiary/aromatic N) is 4. The third-order valence-electron chi connectivity index (χ3n) is 3.44. The van der Waals surface area contributed by atoms with Gasteiger partial charge in [0, 0.05) is 56.2 Å². The normalized spacial score (nSPS) is 14.0. The molecule has 0 aromatic carbocycles. The molecule has 0 spiro atoms. The molecule has 2 aromatic rings. The van der Waals surface area contributed by atoms with Crippen molar-refractivity contribution in [3.05, 3.63) is 43.2 Å². The molecule has 0 bridgehead atoms. The van der Waals surface area contributed by atoms with Crippen LogP contribution in [-0.4, -0.2) is 41.8 Å².